The number of amides is 2. The number of aromatic nitrogens is 2. The van der Waals surface area contributed by atoms with Crippen molar-refractivity contribution in [3.8, 4) is 0 Å². The molecule has 78 valence electrons. The van der Waals surface area contributed by atoms with Gasteiger partial charge in [-0.3, -0.25) is 5.32 Å². The Morgan fingerprint density at radius 1 is 1.64 bits per heavy atom. The molecule has 0 bridgehead atoms. The highest BCUT2D eigenvalue weighted by Gasteiger charge is 2.04. The van der Waals surface area contributed by atoms with Gasteiger partial charge < -0.3 is 5.32 Å². The van der Waals surface area contributed by atoms with E-state index in [2.05, 4.69) is 20.2 Å². The Bertz CT molecular complexity index is 279. The Morgan fingerprint density at radius 2 is 2.43 bits per heavy atom. The van der Waals surface area contributed by atoms with Crippen LogP contribution in [0, 0.1) is 0 Å². The van der Waals surface area contributed by atoms with Crippen LogP contribution in [-0.4, -0.2) is 27.0 Å². The molecule has 1 aromatic heterocycles. The number of carbonyl (C=O) groups is 1. The van der Waals surface area contributed by atoms with E-state index in [0.717, 1.165) is 11.5 Å². The quantitative estimate of drug-likeness (QED) is 0.807. The van der Waals surface area contributed by atoms with Crippen LogP contribution < -0.4 is 10.6 Å². The molecule has 0 aliphatic carbocycles. The number of rotatable bonds is 4. The van der Waals surface area contributed by atoms with Gasteiger partial charge in [0.05, 0.1) is 6.20 Å². The Labute approximate surface area is 94.9 Å². The summed E-state index contributed by atoms with van der Waals surface area (Å²) in [7, 11) is 0. The molecule has 5 nitrogen and oxygen atoms in total. The second-order valence-corrected chi connectivity index (χ2v) is 4.41. The molecule has 0 unspecified atom stereocenters. The third-order valence-electron chi connectivity index (χ3n) is 1.25. The van der Waals surface area contributed by atoms with E-state index in [-0.39, 0.29) is 6.03 Å². The molecule has 2 amide bonds. The van der Waals surface area contributed by atoms with Crippen LogP contribution in [0.2, 0.25) is 0 Å². The van der Waals surface area contributed by atoms with E-state index >= 15 is 0 Å². The van der Waals surface area contributed by atoms with Crippen LogP contribution in [0.3, 0.4) is 0 Å². The molecule has 2 N–H and O–H groups in total. The maximum Gasteiger partial charge on any atom is 0.319 e. The molecule has 0 atom stereocenters. The van der Waals surface area contributed by atoms with Crippen molar-refractivity contribution in [3.63, 3.8) is 0 Å². The molecule has 0 aromatic carbocycles. The fourth-order valence-corrected chi connectivity index (χ4v) is 1.31. The van der Waals surface area contributed by atoms with Gasteiger partial charge in [-0.05, 0) is 6.42 Å². The summed E-state index contributed by atoms with van der Waals surface area (Å²) in [4.78, 5) is 10.7. The lowest BCUT2D eigenvalue weighted by atomic mass is 10.5. The van der Waals surface area contributed by atoms with E-state index < -0.39 is 4.84 Å². The predicted molar refractivity (Wildman–Crippen MR) is 57.0 cm³/mol. The van der Waals surface area contributed by atoms with Gasteiger partial charge in [0.25, 0.3) is 0 Å². The van der Waals surface area contributed by atoms with E-state index in [4.69, 9.17) is 23.2 Å². The zero-order chi connectivity index (χ0) is 10.4. The van der Waals surface area contributed by atoms with Gasteiger partial charge >= 0.3 is 6.03 Å². The third-order valence-corrected chi connectivity index (χ3v) is 2.26. The summed E-state index contributed by atoms with van der Waals surface area (Å²) in [5.74, 6) is 0. The number of alkyl halides is 2. The van der Waals surface area contributed by atoms with E-state index in [0.29, 0.717) is 18.0 Å². The second kappa shape index (κ2) is 6.00. The lowest BCUT2D eigenvalue weighted by Gasteiger charge is -2.04. The first-order valence-corrected chi connectivity index (χ1v) is 5.43. The SMILES string of the molecule is O=C(NCCC(Cl)Cl)Nc1cnns1. The number of carbonyl (C=O) groups excluding carboxylic acids is 1. The van der Waals surface area contributed by atoms with Crippen LogP contribution >= 0.6 is 34.7 Å². The van der Waals surface area contributed by atoms with Crippen molar-refractivity contribution in [2.24, 2.45) is 0 Å². The van der Waals surface area contributed by atoms with Crippen molar-refractivity contribution in [1.82, 2.24) is 14.9 Å². The van der Waals surface area contributed by atoms with Gasteiger partial charge in [0, 0.05) is 18.1 Å². The highest BCUT2D eigenvalue weighted by molar-refractivity contribution is 7.10. The van der Waals surface area contributed by atoms with Gasteiger partial charge in [-0.15, -0.1) is 28.3 Å². The number of hydrogen-bond acceptors (Lipinski definition) is 4. The van der Waals surface area contributed by atoms with E-state index in [1.165, 1.54) is 6.20 Å². The first-order valence-electron chi connectivity index (χ1n) is 3.79. The zero-order valence-electron chi connectivity index (χ0n) is 7.04. The third kappa shape index (κ3) is 4.59. The molecule has 0 aliphatic rings. The minimum Gasteiger partial charge on any atom is -0.338 e. The van der Waals surface area contributed by atoms with Gasteiger partial charge in [-0.1, -0.05) is 4.49 Å². The molecule has 0 radical (unpaired) electrons. The molecule has 1 rings (SSSR count). The van der Waals surface area contributed by atoms with Crippen molar-refractivity contribution in [3.05, 3.63) is 6.20 Å². The maximum atomic E-state index is 11.1. The Balaban J connectivity index is 2.17. The highest BCUT2D eigenvalue weighted by atomic mass is 35.5. The molecule has 0 spiro atoms. The predicted octanol–water partition coefficient (Wildman–Crippen LogP) is 1.85. The monoisotopic (exact) mass is 254 g/mol. The minimum atomic E-state index is -0.458. The van der Waals surface area contributed by atoms with Crippen LogP contribution in [0.15, 0.2) is 6.20 Å². The maximum absolute atomic E-state index is 11.1. The van der Waals surface area contributed by atoms with E-state index in [1.807, 2.05) is 0 Å². The molecule has 0 saturated carbocycles. The van der Waals surface area contributed by atoms with Crippen molar-refractivity contribution >= 4 is 45.8 Å². The smallest absolute Gasteiger partial charge is 0.319 e. The Morgan fingerprint density at radius 3 is 3.00 bits per heavy atom. The topological polar surface area (TPSA) is 66.9 Å². The molecule has 1 aromatic rings. The summed E-state index contributed by atoms with van der Waals surface area (Å²) >= 11 is 12.1. The molecule has 0 saturated heterocycles. The number of anilines is 1. The van der Waals surface area contributed by atoms with Crippen molar-refractivity contribution in [2.45, 2.75) is 11.3 Å². The largest absolute Gasteiger partial charge is 0.338 e. The lowest BCUT2D eigenvalue weighted by molar-refractivity contribution is 0.252. The minimum absolute atomic E-state index is 0.315. The van der Waals surface area contributed by atoms with Crippen LogP contribution in [-0.2, 0) is 0 Å². The lowest BCUT2D eigenvalue weighted by Crippen LogP contribution is -2.29. The number of nitrogens with one attached hydrogen (secondary N) is 2. The summed E-state index contributed by atoms with van der Waals surface area (Å²) in [6, 6.07) is -0.315. The molecule has 1 heterocycles. The number of nitrogens with zero attached hydrogens (tertiary/aromatic N) is 2. The van der Waals surface area contributed by atoms with E-state index in [9.17, 15) is 4.79 Å². The fourth-order valence-electron chi connectivity index (χ4n) is 0.673. The molecule has 8 heteroatoms. The molecular formula is C6H8Cl2N4OS. The first-order chi connectivity index (χ1) is 6.68. The average Bonchev–Trinajstić information content (AvgIpc) is 2.56. The van der Waals surface area contributed by atoms with Gasteiger partial charge in [0.2, 0.25) is 0 Å². The van der Waals surface area contributed by atoms with Crippen molar-refractivity contribution in [1.29, 1.82) is 0 Å². The van der Waals surface area contributed by atoms with Crippen LogP contribution in [0.5, 0.6) is 0 Å². The highest BCUT2D eigenvalue weighted by Crippen LogP contribution is 2.08. The fraction of sp³-hybridized carbons (Fsp3) is 0.500. The van der Waals surface area contributed by atoms with Gasteiger partial charge in [0.15, 0.2) is 0 Å². The van der Waals surface area contributed by atoms with Crippen molar-refractivity contribution < 1.29 is 4.79 Å². The summed E-state index contributed by atoms with van der Waals surface area (Å²) in [6.45, 7) is 0.426. The normalized spacial score (nSPS) is 10.2. The number of urea groups is 1. The van der Waals surface area contributed by atoms with Crippen molar-refractivity contribution in [2.75, 3.05) is 11.9 Å². The van der Waals surface area contributed by atoms with Crippen LogP contribution in [0.1, 0.15) is 6.42 Å². The van der Waals surface area contributed by atoms with E-state index in [1.54, 1.807) is 0 Å². The molecule has 14 heavy (non-hydrogen) atoms. The molecule has 0 aliphatic heterocycles. The summed E-state index contributed by atoms with van der Waals surface area (Å²) in [6.07, 6.45) is 1.98. The number of halogens is 2. The zero-order valence-corrected chi connectivity index (χ0v) is 9.36. The Kier molecular flexibility index (Phi) is 4.92. The molecular weight excluding hydrogens is 247 g/mol. The summed E-state index contributed by atoms with van der Waals surface area (Å²) in [5, 5.41) is 9.30. The van der Waals surface area contributed by atoms with Gasteiger partial charge in [-0.25, -0.2) is 4.79 Å². The molecule has 0 fully saturated rings. The van der Waals surface area contributed by atoms with Gasteiger partial charge in [0.1, 0.15) is 9.84 Å². The van der Waals surface area contributed by atoms with Crippen LogP contribution in [0.25, 0.3) is 0 Å². The second-order valence-electron chi connectivity index (χ2n) is 2.34. The van der Waals surface area contributed by atoms with Crippen LogP contribution in [0.4, 0.5) is 9.80 Å². The standard InChI is InChI=1S/C6H8Cl2N4OS/c7-4(8)1-2-9-6(13)11-5-3-10-12-14-5/h3-4H,1-2H2,(H2,9,11,13). The average molecular weight is 255 g/mol. The first kappa shape index (κ1) is 11.5. The Hall–Kier alpha value is -0.590. The number of hydrogen-bond donors (Lipinski definition) is 2. The summed E-state index contributed by atoms with van der Waals surface area (Å²) < 4.78 is 3.59. The van der Waals surface area contributed by atoms with Gasteiger partial charge in [-0.2, -0.15) is 0 Å². The summed E-state index contributed by atoms with van der Waals surface area (Å²) in [5.41, 5.74) is 0.